The van der Waals surface area contributed by atoms with Gasteiger partial charge in [-0.1, -0.05) is 33.3 Å². The molecule has 0 spiro atoms. The standard InChI is InChI=1S/C15H24BrNO/c1-4-8-17-10-13-6-7-15(14(16)9-13)18-11-12(3)5-2/h6-7,9,12,17H,4-5,8,10-11H2,1-3H3. The first kappa shape index (κ1) is 15.5. The molecule has 102 valence electrons. The van der Waals surface area contributed by atoms with E-state index >= 15 is 0 Å². The summed E-state index contributed by atoms with van der Waals surface area (Å²) in [6, 6.07) is 6.31. The second-order valence-corrected chi connectivity index (χ2v) is 5.62. The highest BCUT2D eigenvalue weighted by Crippen LogP contribution is 2.26. The molecule has 1 rings (SSSR count). The minimum Gasteiger partial charge on any atom is -0.492 e. The molecule has 0 aliphatic carbocycles. The highest BCUT2D eigenvalue weighted by atomic mass is 79.9. The van der Waals surface area contributed by atoms with Crippen LogP contribution in [0.1, 0.15) is 39.2 Å². The van der Waals surface area contributed by atoms with Crippen LogP contribution in [0.15, 0.2) is 22.7 Å². The minimum atomic E-state index is 0.600. The molecule has 0 radical (unpaired) electrons. The zero-order chi connectivity index (χ0) is 13.4. The Kier molecular flexibility index (Phi) is 7.36. The van der Waals surface area contributed by atoms with Crippen LogP contribution in [0.3, 0.4) is 0 Å². The lowest BCUT2D eigenvalue weighted by molar-refractivity contribution is 0.255. The molecule has 18 heavy (non-hydrogen) atoms. The molecule has 1 N–H and O–H groups in total. The molecule has 0 amide bonds. The van der Waals surface area contributed by atoms with Crippen LogP contribution < -0.4 is 10.1 Å². The first-order chi connectivity index (χ1) is 8.67. The molecule has 0 saturated carbocycles. The Morgan fingerprint density at radius 2 is 2.11 bits per heavy atom. The Balaban J connectivity index is 2.51. The normalized spacial score (nSPS) is 12.4. The van der Waals surface area contributed by atoms with Crippen LogP contribution in [0.5, 0.6) is 5.75 Å². The van der Waals surface area contributed by atoms with Gasteiger partial charge in [-0.25, -0.2) is 0 Å². The zero-order valence-corrected chi connectivity index (χ0v) is 13.2. The van der Waals surface area contributed by atoms with Crippen molar-refractivity contribution in [2.75, 3.05) is 13.2 Å². The van der Waals surface area contributed by atoms with Gasteiger partial charge in [-0.2, -0.15) is 0 Å². The maximum absolute atomic E-state index is 5.80. The van der Waals surface area contributed by atoms with Crippen LogP contribution in [0.25, 0.3) is 0 Å². The Morgan fingerprint density at radius 1 is 1.33 bits per heavy atom. The molecule has 1 aromatic carbocycles. The Labute approximate surface area is 119 Å². The fourth-order valence-electron chi connectivity index (χ4n) is 1.53. The quantitative estimate of drug-likeness (QED) is 0.719. The van der Waals surface area contributed by atoms with Gasteiger partial charge in [0, 0.05) is 6.54 Å². The SMILES string of the molecule is CCCNCc1ccc(OCC(C)CC)c(Br)c1. The molecule has 0 bridgehead atoms. The minimum absolute atomic E-state index is 0.600. The number of benzene rings is 1. The van der Waals surface area contributed by atoms with Gasteiger partial charge in [0.15, 0.2) is 0 Å². The fourth-order valence-corrected chi connectivity index (χ4v) is 2.07. The van der Waals surface area contributed by atoms with Crippen molar-refractivity contribution in [1.82, 2.24) is 5.32 Å². The van der Waals surface area contributed by atoms with Crippen LogP contribution in [-0.2, 0) is 6.54 Å². The molecule has 2 nitrogen and oxygen atoms in total. The van der Waals surface area contributed by atoms with Crippen molar-refractivity contribution in [3.8, 4) is 5.75 Å². The van der Waals surface area contributed by atoms with Crippen LogP contribution in [0, 0.1) is 5.92 Å². The summed E-state index contributed by atoms with van der Waals surface area (Å²) in [4.78, 5) is 0. The van der Waals surface area contributed by atoms with Gasteiger partial charge < -0.3 is 10.1 Å². The summed E-state index contributed by atoms with van der Waals surface area (Å²) in [5.74, 6) is 1.54. The third kappa shape index (κ3) is 5.40. The highest BCUT2D eigenvalue weighted by Gasteiger charge is 2.05. The Hall–Kier alpha value is -0.540. The average Bonchev–Trinajstić information content (AvgIpc) is 2.37. The predicted molar refractivity (Wildman–Crippen MR) is 81.1 cm³/mol. The summed E-state index contributed by atoms with van der Waals surface area (Å²) in [6.45, 7) is 9.32. The molecular formula is C15H24BrNO. The van der Waals surface area contributed by atoms with E-state index in [1.807, 2.05) is 0 Å². The van der Waals surface area contributed by atoms with E-state index in [0.29, 0.717) is 5.92 Å². The molecule has 1 aromatic rings. The molecule has 0 aliphatic heterocycles. The lowest BCUT2D eigenvalue weighted by Gasteiger charge is -2.13. The van der Waals surface area contributed by atoms with Gasteiger partial charge in [0.2, 0.25) is 0 Å². The smallest absolute Gasteiger partial charge is 0.133 e. The maximum Gasteiger partial charge on any atom is 0.133 e. The van der Waals surface area contributed by atoms with Crippen molar-refractivity contribution in [2.45, 2.75) is 40.2 Å². The van der Waals surface area contributed by atoms with Gasteiger partial charge in [-0.05, 0) is 52.5 Å². The average molecular weight is 314 g/mol. The third-order valence-corrected chi connectivity index (χ3v) is 3.59. The second-order valence-electron chi connectivity index (χ2n) is 4.77. The fraction of sp³-hybridized carbons (Fsp3) is 0.600. The number of halogens is 1. The van der Waals surface area contributed by atoms with Crippen LogP contribution in [0.4, 0.5) is 0 Å². The Bertz CT molecular complexity index is 354. The van der Waals surface area contributed by atoms with E-state index in [1.54, 1.807) is 0 Å². The van der Waals surface area contributed by atoms with Crippen molar-refractivity contribution in [1.29, 1.82) is 0 Å². The van der Waals surface area contributed by atoms with Gasteiger partial charge in [0.1, 0.15) is 5.75 Å². The van der Waals surface area contributed by atoms with Gasteiger partial charge in [-0.3, -0.25) is 0 Å². The number of ether oxygens (including phenoxy) is 1. The van der Waals surface area contributed by atoms with Crippen molar-refractivity contribution in [3.63, 3.8) is 0 Å². The first-order valence-electron chi connectivity index (χ1n) is 6.79. The molecule has 3 heteroatoms. The van der Waals surface area contributed by atoms with E-state index in [1.165, 1.54) is 5.56 Å². The molecule has 0 aliphatic rings. The molecule has 0 saturated heterocycles. The first-order valence-corrected chi connectivity index (χ1v) is 7.58. The topological polar surface area (TPSA) is 21.3 Å². The van der Waals surface area contributed by atoms with Crippen molar-refractivity contribution >= 4 is 15.9 Å². The van der Waals surface area contributed by atoms with Crippen molar-refractivity contribution < 1.29 is 4.74 Å². The number of hydrogen-bond donors (Lipinski definition) is 1. The van der Waals surface area contributed by atoms with Gasteiger partial charge in [0.05, 0.1) is 11.1 Å². The largest absolute Gasteiger partial charge is 0.492 e. The maximum atomic E-state index is 5.80. The monoisotopic (exact) mass is 313 g/mol. The summed E-state index contributed by atoms with van der Waals surface area (Å²) < 4.78 is 6.85. The van der Waals surface area contributed by atoms with E-state index in [2.05, 4.69) is 60.2 Å². The molecule has 0 aromatic heterocycles. The van der Waals surface area contributed by atoms with Crippen molar-refractivity contribution in [3.05, 3.63) is 28.2 Å². The van der Waals surface area contributed by atoms with E-state index < -0.39 is 0 Å². The summed E-state index contributed by atoms with van der Waals surface area (Å²) >= 11 is 3.58. The van der Waals surface area contributed by atoms with Crippen molar-refractivity contribution in [2.24, 2.45) is 5.92 Å². The Morgan fingerprint density at radius 3 is 2.72 bits per heavy atom. The number of hydrogen-bond acceptors (Lipinski definition) is 2. The lowest BCUT2D eigenvalue weighted by atomic mass is 10.1. The molecular weight excluding hydrogens is 290 g/mol. The third-order valence-electron chi connectivity index (χ3n) is 2.97. The van der Waals surface area contributed by atoms with E-state index in [0.717, 1.165) is 42.8 Å². The number of rotatable bonds is 8. The van der Waals surface area contributed by atoms with Gasteiger partial charge in [0.25, 0.3) is 0 Å². The summed E-state index contributed by atoms with van der Waals surface area (Å²) in [6.07, 6.45) is 2.31. The summed E-state index contributed by atoms with van der Waals surface area (Å²) in [7, 11) is 0. The van der Waals surface area contributed by atoms with E-state index in [4.69, 9.17) is 4.74 Å². The zero-order valence-electron chi connectivity index (χ0n) is 11.6. The number of nitrogens with one attached hydrogen (secondary N) is 1. The highest BCUT2D eigenvalue weighted by molar-refractivity contribution is 9.10. The molecule has 1 unspecified atom stereocenters. The second kappa shape index (κ2) is 8.54. The summed E-state index contributed by atoms with van der Waals surface area (Å²) in [5.41, 5.74) is 1.28. The van der Waals surface area contributed by atoms with E-state index in [9.17, 15) is 0 Å². The predicted octanol–water partition coefficient (Wildman–Crippen LogP) is 4.37. The van der Waals surface area contributed by atoms with Gasteiger partial charge in [-0.15, -0.1) is 0 Å². The molecule has 0 fully saturated rings. The van der Waals surface area contributed by atoms with Crippen LogP contribution in [0.2, 0.25) is 0 Å². The molecule has 1 atom stereocenters. The van der Waals surface area contributed by atoms with Crippen LogP contribution in [-0.4, -0.2) is 13.2 Å². The van der Waals surface area contributed by atoms with Crippen LogP contribution >= 0.6 is 15.9 Å². The summed E-state index contributed by atoms with van der Waals surface area (Å²) in [5, 5.41) is 3.40. The van der Waals surface area contributed by atoms with Gasteiger partial charge >= 0.3 is 0 Å². The molecule has 0 heterocycles. The lowest BCUT2D eigenvalue weighted by Crippen LogP contribution is -2.13. The van der Waals surface area contributed by atoms with E-state index in [-0.39, 0.29) is 0 Å².